The third-order valence-electron chi connectivity index (χ3n) is 3.87. The van der Waals surface area contributed by atoms with Crippen LogP contribution in [0.4, 0.5) is 4.79 Å². The maximum Gasteiger partial charge on any atom is 0.407 e. The first kappa shape index (κ1) is 18.7. The van der Waals surface area contributed by atoms with Gasteiger partial charge in [-0.25, -0.2) is 9.59 Å². The van der Waals surface area contributed by atoms with Crippen molar-refractivity contribution in [2.75, 3.05) is 13.2 Å². The van der Waals surface area contributed by atoms with E-state index in [0.717, 1.165) is 25.7 Å². The molecule has 0 spiro atoms. The molecule has 1 aliphatic rings. The van der Waals surface area contributed by atoms with Gasteiger partial charge in [-0.15, -0.1) is 0 Å². The summed E-state index contributed by atoms with van der Waals surface area (Å²) in [7, 11) is 0. The number of carbonyl (C=O) groups is 2. The summed E-state index contributed by atoms with van der Waals surface area (Å²) in [6.45, 7) is 6.31. The summed E-state index contributed by atoms with van der Waals surface area (Å²) in [5.41, 5.74) is 5.90. The Hall–Kier alpha value is -1.30. The zero-order chi connectivity index (χ0) is 16.5. The van der Waals surface area contributed by atoms with Gasteiger partial charge in [0.05, 0.1) is 13.2 Å². The number of ether oxygens (including phenoxy) is 2. The third-order valence-corrected chi connectivity index (χ3v) is 3.87. The lowest BCUT2D eigenvalue weighted by atomic mass is 9.82. The second-order valence-corrected chi connectivity index (χ2v) is 6.46. The molecule has 0 saturated heterocycles. The Morgan fingerprint density at radius 3 is 2.36 bits per heavy atom. The van der Waals surface area contributed by atoms with Crippen molar-refractivity contribution in [3.63, 3.8) is 0 Å². The van der Waals surface area contributed by atoms with Crippen LogP contribution in [0.25, 0.3) is 0 Å². The molecule has 1 aliphatic carbocycles. The fraction of sp³-hybridized carbons (Fsp3) is 0.875. The molecule has 0 radical (unpaired) electrons. The minimum Gasteiger partial charge on any atom is -0.464 e. The standard InChI is InChI=1S/C16H30N2O4/c1-4-21-15(19)14(18-16(20)22-10-11(2)3)9-12-5-7-13(17)8-6-12/h11-14H,4-10,17H2,1-3H3,(H,18,20). The molecule has 1 fully saturated rings. The highest BCUT2D eigenvalue weighted by molar-refractivity contribution is 5.81. The summed E-state index contributed by atoms with van der Waals surface area (Å²) in [6, 6.07) is -0.375. The van der Waals surface area contributed by atoms with Gasteiger partial charge in [-0.05, 0) is 50.9 Å². The number of nitrogens with two attached hydrogens (primary N) is 1. The van der Waals surface area contributed by atoms with Crippen molar-refractivity contribution in [3.8, 4) is 0 Å². The lowest BCUT2D eigenvalue weighted by molar-refractivity contribution is -0.146. The second-order valence-electron chi connectivity index (χ2n) is 6.46. The first-order chi connectivity index (χ1) is 10.4. The van der Waals surface area contributed by atoms with E-state index in [-0.39, 0.29) is 17.9 Å². The SMILES string of the molecule is CCOC(=O)C(CC1CCC(N)CC1)NC(=O)OCC(C)C. The van der Waals surface area contributed by atoms with Crippen LogP contribution in [0.5, 0.6) is 0 Å². The molecule has 1 atom stereocenters. The Balaban J connectivity index is 2.52. The van der Waals surface area contributed by atoms with Gasteiger partial charge >= 0.3 is 12.1 Å². The van der Waals surface area contributed by atoms with Crippen LogP contribution in [-0.2, 0) is 14.3 Å². The molecule has 3 N–H and O–H groups in total. The Labute approximate surface area is 133 Å². The van der Waals surface area contributed by atoms with E-state index in [4.69, 9.17) is 15.2 Å². The van der Waals surface area contributed by atoms with Gasteiger partial charge in [0.25, 0.3) is 0 Å². The molecule has 0 aromatic rings. The molecule has 0 aromatic heterocycles. The molecule has 0 heterocycles. The van der Waals surface area contributed by atoms with Crippen LogP contribution in [0.2, 0.25) is 0 Å². The zero-order valence-electron chi connectivity index (χ0n) is 14.0. The lowest BCUT2D eigenvalue weighted by Crippen LogP contribution is -2.44. The smallest absolute Gasteiger partial charge is 0.407 e. The second kappa shape index (κ2) is 9.66. The fourth-order valence-electron chi connectivity index (χ4n) is 2.64. The van der Waals surface area contributed by atoms with Crippen molar-refractivity contribution in [3.05, 3.63) is 0 Å². The van der Waals surface area contributed by atoms with Crippen LogP contribution in [0.3, 0.4) is 0 Å². The average molecular weight is 314 g/mol. The number of alkyl carbamates (subject to hydrolysis) is 1. The van der Waals surface area contributed by atoms with E-state index in [1.54, 1.807) is 6.92 Å². The van der Waals surface area contributed by atoms with Gasteiger partial charge in [0.15, 0.2) is 0 Å². The van der Waals surface area contributed by atoms with E-state index in [1.807, 2.05) is 13.8 Å². The number of hydrogen-bond donors (Lipinski definition) is 2. The normalized spacial score (nSPS) is 23.0. The van der Waals surface area contributed by atoms with Gasteiger partial charge < -0.3 is 20.5 Å². The van der Waals surface area contributed by atoms with Gasteiger partial charge in [0, 0.05) is 6.04 Å². The molecular formula is C16H30N2O4. The van der Waals surface area contributed by atoms with Crippen molar-refractivity contribution in [2.24, 2.45) is 17.6 Å². The maximum atomic E-state index is 12.0. The molecule has 22 heavy (non-hydrogen) atoms. The molecule has 1 unspecified atom stereocenters. The fourth-order valence-corrected chi connectivity index (χ4v) is 2.64. The van der Waals surface area contributed by atoms with Crippen molar-refractivity contribution in [1.29, 1.82) is 0 Å². The van der Waals surface area contributed by atoms with E-state index < -0.39 is 12.1 Å². The summed E-state index contributed by atoms with van der Waals surface area (Å²) < 4.78 is 10.1. The van der Waals surface area contributed by atoms with Crippen LogP contribution in [0.15, 0.2) is 0 Å². The number of rotatable bonds is 7. The Morgan fingerprint density at radius 2 is 1.82 bits per heavy atom. The van der Waals surface area contributed by atoms with E-state index in [2.05, 4.69) is 5.32 Å². The van der Waals surface area contributed by atoms with Gasteiger partial charge in [0.2, 0.25) is 0 Å². The number of nitrogens with one attached hydrogen (secondary N) is 1. The highest BCUT2D eigenvalue weighted by atomic mass is 16.6. The van der Waals surface area contributed by atoms with E-state index in [0.29, 0.717) is 25.6 Å². The molecule has 1 saturated carbocycles. The van der Waals surface area contributed by atoms with Gasteiger partial charge in [0.1, 0.15) is 6.04 Å². The van der Waals surface area contributed by atoms with Crippen LogP contribution < -0.4 is 11.1 Å². The van der Waals surface area contributed by atoms with E-state index in [1.165, 1.54) is 0 Å². The van der Waals surface area contributed by atoms with Crippen molar-refractivity contribution in [1.82, 2.24) is 5.32 Å². The Bertz CT molecular complexity index is 352. The Morgan fingerprint density at radius 1 is 1.18 bits per heavy atom. The van der Waals surface area contributed by atoms with Gasteiger partial charge in [-0.3, -0.25) is 0 Å². The minimum atomic E-state index is -0.640. The zero-order valence-corrected chi connectivity index (χ0v) is 14.0. The van der Waals surface area contributed by atoms with Crippen LogP contribution >= 0.6 is 0 Å². The largest absolute Gasteiger partial charge is 0.464 e. The molecule has 128 valence electrons. The topological polar surface area (TPSA) is 90.6 Å². The molecule has 1 amide bonds. The van der Waals surface area contributed by atoms with E-state index in [9.17, 15) is 9.59 Å². The summed E-state index contributed by atoms with van der Waals surface area (Å²) in [5, 5.41) is 2.65. The lowest BCUT2D eigenvalue weighted by Gasteiger charge is -2.28. The van der Waals surface area contributed by atoms with Crippen molar-refractivity contribution < 1.29 is 19.1 Å². The highest BCUT2D eigenvalue weighted by Crippen LogP contribution is 2.27. The predicted molar refractivity (Wildman–Crippen MR) is 84.3 cm³/mol. The third kappa shape index (κ3) is 7.11. The number of hydrogen-bond acceptors (Lipinski definition) is 5. The minimum absolute atomic E-state index is 0.256. The summed E-state index contributed by atoms with van der Waals surface area (Å²) in [5.74, 6) is 0.255. The highest BCUT2D eigenvalue weighted by Gasteiger charge is 2.28. The monoisotopic (exact) mass is 314 g/mol. The Kier molecular flexibility index (Phi) is 8.24. The summed E-state index contributed by atoms with van der Waals surface area (Å²) in [4.78, 5) is 23.8. The van der Waals surface area contributed by atoms with Crippen LogP contribution in [0.1, 0.15) is 52.9 Å². The number of esters is 1. The van der Waals surface area contributed by atoms with Gasteiger partial charge in [-0.1, -0.05) is 13.8 Å². The number of carbonyl (C=O) groups excluding carboxylic acids is 2. The molecule has 6 heteroatoms. The molecule has 0 bridgehead atoms. The van der Waals surface area contributed by atoms with Gasteiger partial charge in [-0.2, -0.15) is 0 Å². The van der Waals surface area contributed by atoms with Crippen molar-refractivity contribution >= 4 is 12.1 Å². The number of amides is 1. The molecule has 0 aliphatic heterocycles. The van der Waals surface area contributed by atoms with Crippen LogP contribution in [0, 0.1) is 11.8 Å². The maximum absolute atomic E-state index is 12.0. The molecule has 6 nitrogen and oxygen atoms in total. The first-order valence-corrected chi connectivity index (χ1v) is 8.27. The van der Waals surface area contributed by atoms with Crippen molar-refractivity contribution in [2.45, 2.75) is 65.0 Å². The van der Waals surface area contributed by atoms with E-state index >= 15 is 0 Å². The predicted octanol–water partition coefficient (Wildman–Crippen LogP) is 2.21. The molecule has 0 aromatic carbocycles. The first-order valence-electron chi connectivity index (χ1n) is 8.27. The molecular weight excluding hydrogens is 284 g/mol. The summed E-state index contributed by atoms with van der Waals surface area (Å²) in [6.07, 6.45) is 3.94. The molecule has 1 rings (SSSR count). The quantitative estimate of drug-likeness (QED) is 0.703. The van der Waals surface area contributed by atoms with Crippen LogP contribution in [-0.4, -0.2) is 37.4 Å². The summed E-state index contributed by atoms with van der Waals surface area (Å²) >= 11 is 0. The average Bonchev–Trinajstić information content (AvgIpc) is 2.47.